The van der Waals surface area contributed by atoms with Crippen LogP contribution in [0.1, 0.15) is 39.0 Å². The van der Waals surface area contributed by atoms with E-state index < -0.39 is 0 Å². The lowest BCUT2D eigenvalue weighted by Crippen LogP contribution is -2.24. The van der Waals surface area contributed by atoms with Crippen molar-refractivity contribution in [3.63, 3.8) is 0 Å². The van der Waals surface area contributed by atoms with Crippen molar-refractivity contribution in [3.8, 4) is 0 Å². The maximum Gasteiger partial charge on any atom is 0.0635 e. The largest absolute Gasteiger partial charge is 0.411 e. The third-order valence-corrected chi connectivity index (χ3v) is 3.60. The zero-order valence-electron chi connectivity index (χ0n) is 7.01. The highest BCUT2D eigenvalue weighted by molar-refractivity contribution is 5.92. The molecule has 2 aliphatic rings. The molecule has 11 heavy (non-hydrogen) atoms. The smallest absolute Gasteiger partial charge is 0.0635 e. The summed E-state index contributed by atoms with van der Waals surface area (Å²) in [5.74, 6) is 0.834. The first kappa shape index (κ1) is 7.14. The molecule has 2 bridgehead atoms. The van der Waals surface area contributed by atoms with Crippen LogP contribution in [-0.2, 0) is 0 Å². The highest BCUT2D eigenvalue weighted by atomic mass is 16.4. The Hall–Kier alpha value is -0.530. The Kier molecular flexibility index (Phi) is 1.44. The van der Waals surface area contributed by atoms with E-state index in [0.29, 0.717) is 5.41 Å². The van der Waals surface area contributed by atoms with E-state index >= 15 is 0 Å². The van der Waals surface area contributed by atoms with Crippen molar-refractivity contribution in [3.05, 3.63) is 0 Å². The van der Waals surface area contributed by atoms with Gasteiger partial charge in [0.1, 0.15) is 0 Å². The standard InChI is InChI=1S/C9H15NO/c1-2-9-4-3-7(6-9)5-8(9)10-11/h7,11H,2-6H2,1H3/b10-8-/t7-,9+/m1/s1. The molecule has 2 heteroatoms. The molecule has 0 saturated heterocycles. The van der Waals surface area contributed by atoms with Crippen LogP contribution in [0.2, 0.25) is 0 Å². The third kappa shape index (κ3) is 0.815. The van der Waals surface area contributed by atoms with E-state index in [0.717, 1.165) is 24.5 Å². The average molecular weight is 153 g/mol. The summed E-state index contributed by atoms with van der Waals surface area (Å²) in [4.78, 5) is 0. The fourth-order valence-corrected chi connectivity index (χ4v) is 2.84. The summed E-state index contributed by atoms with van der Waals surface area (Å²) in [6, 6.07) is 0. The molecule has 0 heterocycles. The minimum atomic E-state index is 0.319. The molecule has 0 radical (unpaired) electrons. The molecule has 2 fully saturated rings. The van der Waals surface area contributed by atoms with Gasteiger partial charge >= 0.3 is 0 Å². The third-order valence-electron chi connectivity index (χ3n) is 3.60. The molecule has 2 nitrogen and oxygen atoms in total. The van der Waals surface area contributed by atoms with Crippen molar-refractivity contribution in [2.24, 2.45) is 16.5 Å². The molecule has 2 atom stereocenters. The van der Waals surface area contributed by atoms with Crippen molar-refractivity contribution >= 4 is 5.71 Å². The summed E-state index contributed by atoms with van der Waals surface area (Å²) in [5, 5.41) is 12.2. The van der Waals surface area contributed by atoms with Crippen LogP contribution in [0.4, 0.5) is 0 Å². The molecular weight excluding hydrogens is 138 g/mol. The number of hydrogen-bond donors (Lipinski definition) is 1. The average Bonchev–Trinajstić information content (AvgIpc) is 2.60. The van der Waals surface area contributed by atoms with Crippen molar-refractivity contribution in [1.29, 1.82) is 0 Å². The number of rotatable bonds is 1. The molecule has 0 aliphatic heterocycles. The van der Waals surface area contributed by atoms with Gasteiger partial charge in [0.15, 0.2) is 0 Å². The number of nitrogens with zero attached hydrogens (tertiary/aromatic N) is 1. The second-order valence-corrected chi connectivity index (χ2v) is 3.99. The maximum atomic E-state index is 8.77. The quantitative estimate of drug-likeness (QED) is 0.455. The van der Waals surface area contributed by atoms with Crippen LogP contribution in [0.15, 0.2) is 5.16 Å². The van der Waals surface area contributed by atoms with Gasteiger partial charge in [-0.1, -0.05) is 12.1 Å². The second-order valence-electron chi connectivity index (χ2n) is 3.99. The van der Waals surface area contributed by atoms with Crippen molar-refractivity contribution in [2.75, 3.05) is 0 Å². The second kappa shape index (κ2) is 2.23. The first-order valence-corrected chi connectivity index (χ1v) is 4.52. The van der Waals surface area contributed by atoms with Crippen LogP contribution in [0, 0.1) is 11.3 Å². The predicted octanol–water partition coefficient (Wildman–Crippen LogP) is 2.42. The molecule has 1 N–H and O–H groups in total. The Bertz CT molecular complexity index is 200. The van der Waals surface area contributed by atoms with Gasteiger partial charge in [0.2, 0.25) is 0 Å². The summed E-state index contributed by atoms with van der Waals surface area (Å²) >= 11 is 0. The molecule has 2 aliphatic carbocycles. The van der Waals surface area contributed by atoms with Gasteiger partial charge in [-0.25, -0.2) is 0 Å². The summed E-state index contributed by atoms with van der Waals surface area (Å²) in [6.45, 7) is 2.21. The lowest BCUT2D eigenvalue weighted by atomic mass is 9.80. The van der Waals surface area contributed by atoms with E-state index in [1.54, 1.807) is 0 Å². The Balaban J connectivity index is 2.29. The Morgan fingerprint density at radius 2 is 2.55 bits per heavy atom. The van der Waals surface area contributed by atoms with Gasteiger partial charge in [-0.2, -0.15) is 0 Å². The van der Waals surface area contributed by atoms with E-state index in [1.165, 1.54) is 19.3 Å². The lowest BCUT2D eigenvalue weighted by molar-refractivity contribution is 0.302. The van der Waals surface area contributed by atoms with Crippen LogP contribution in [0.25, 0.3) is 0 Å². The Morgan fingerprint density at radius 3 is 3.00 bits per heavy atom. The fraction of sp³-hybridized carbons (Fsp3) is 0.889. The summed E-state index contributed by atoms with van der Waals surface area (Å²) in [5.41, 5.74) is 1.40. The normalized spacial score (nSPS) is 45.5. The van der Waals surface area contributed by atoms with Gasteiger partial charge < -0.3 is 5.21 Å². The number of fused-ring (bicyclic) bond motifs is 2. The Morgan fingerprint density at radius 1 is 1.73 bits per heavy atom. The van der Waals surface area contributed by atoms with Crippen LogP contribution in [0.5, 0.6) is 0 Å². The highest BCUT2D eigenvalue weighted by Crippen LogP contribution is 2.53. The zero-order chi connectivity index (χ0) is 7.90. The summed E-state index contributed by atoms with van der Waals surface area (Å²) in [7, 11) is 0. The van der Waals surface area contributed by atoms with Gasteiger partial charge in [0.05, 0.1) is 5.71 Å². The molecule has 0 unspecified atom stereocenters. The van der Waals surface area contributed by atoms with Gasteiger partial charge in [0, 0.05) is 5.41 Å². The van der Waals surface area contributed by atoms with Crippen molar-refractivity contribution < 1.29 is 5.21 Å². The topological polar surface area (TPSA) is 32.6 Å². The van der Waals surface area contributed by atoms with Gasteiger partial charge in [-0.3, -0.25) is 0 Å². The Labute approximate surface area is 67.3 Å². The van der Waals surface area contributed by atoms with Crippen LogP contribution >= 0.6 is 0 Å². The fourth-order valence-electron chi connectivity index (χ4n) is 2.84. The number of hydrogen-bond acceptors (Lipinski definition) is 2. The monoisotopic (exact) mass is 153 g/mol. The van der Waals surface area contributed by atoms with Crippen LogP contribution < -0.4 is 0 Å². The molecule has 62 valence electrons. The minimum absolute atomic E-state index is 0.319. The SMILES string of the molecule is CC[C@@]12CC[C@H](C/C1=N/O)C2. The summed E-state index contributed by atoms with van der Waals surface area (Å²) in [6.07, 6.45) is 6.11. The van der Waals surface area contributed by atoms with E-state index in [1.807, 2.05) is 0 Å². The van der Waals surface area contributed by atoms with Gasteiger partial charge in [-0.05, 0) is 38.0 Å². The lowest BCUT2D eigenvalue weighted by Gasteiger charge is -2.24. The first-order valence-electron chi connectivity index (χ1n) is 4.52. The van der Waals surface area contributed by atoms with Crippen molar-refractivity contribution in [2.45, 2.75) is 39.0 Å². The number of oxime groups is 1. The maximum absolute atomic E-state index is 8.77. The predicted molar refractivity (Wildman–Crippen MR) is 43.9 cm³/mol. The molecule has 2 rings (SSSR count). The van der Waals surface area contributed by atoms with E-state index in [9.17, 15) is 0 Å². The zero-order valence-corrected chi connectivity index (χ0v) is 7.01. The molecule has 0 amide bonds. The molecule has 2 saturated carbocycles. The molecule has 0 spiro atoms. The van der Waals surface area contributed by atoms with E-state index in [4.69, 9.17) is 5.21 Å². The first-order chi connectivity index (χ1) is 5.30. The van der Waals surface area contributed by atoms with Gasteiger partial charge in [-0.15, -0.1) is 0 Å². The van der Waals surface area contributed by atoms with Gasteiger partial charge in [0.25, 0.3) is 0 Å². The molecule has 0 aromatic carbocycles. The van der Waals surface area contributed by atoms with E-state index in [-0.39, 0.29) is 0 Å². The molecule has 0 aromatic heterocycles. The molecular formula is C9H15NO. The van der Waals surface area contributed by atoms with E-state index in [2.05, 4.69) is 12.1 Å². The van der Waals surface area contributed by atoms with Crippen LogP contribution in [0.3, 0.4) is 0 Å². The summed E-state index contributed by atoms with van der Waals surface area (Å²) < 4.78 is 0. The van der Waals surface area contributed by atoms with Crippen molar-refractivity contribution in [1.82, 2.24) is 0 Å². The molecule has 0 aromatic rings. The highest BCUT2D eigenvalue weighted by Gasteiger charge is 2.48. The van der Waals surface area contributed by atoms with Crippen LogP contribution in [-0.4, -0.2) is 10.9 Å². The minimum Gasteiger partial charge on any atom is -0.411 e.